The molecular formula is C6H10ClNO3. The average molecular weight is 180 g/mol. The highest BCUT2D eigenvalue weighted by molar-refractivity contribution is 6.22. The van der Waals surface area contributed by atoms with Crippen LogP contribution in [0.25, 0.3) is 0 Å². The third-order valence-corrected chi connectivity index (χ3v) is 1.20. The maximum absolute atomic E-state index is 10.8. The number of rotatable bonds is 2. The average Bonchev–Trinajstić information content (AvgIpc) is 1.83. The molecule has 64 valence electrons. The summed E-state index contributed by atoms with van der Waals surface area (Å²) in [5, 5.41) is 0. The number of esters is 1. The van der Waals surface area contributed by atoms with Crippen LogP contribution in [0.3, 0.4) is 0 Å². The van der Waals surface area contributed by atoms with Gasteiger partial charge in [-0.3, -0.25) is 14.4 Å². The van der Waals surface area contributed by atoms with E-state index in [4.69, 9.17) is 11.8 Å². The fourth-order valence-corrected chi connectivity index (χ4v) is 0.747. The van der Waals surface area contributed by atoms with Gasteiger partial charge in [-0.2, -0.15) is 0 Å². The van der Waals surface area contributed by atoms with Crippen molar-refractivity contribution < 1.29 is 14.3 Å². The Morgan fingerprint density at radius 1 is 1.45 bits per heavy atom. The van der Waals surface area contributed by atoms with Crippen molar-refractivity contribution in [1.82, 2.24) is 4.84 Å². The first-order valence-corrected chi connectivity index (χ1v) is 3.38. The summed E-state index contributed by atoms with van der Waals surface area (Å²) in [6, 6.07) is 0. The van der Waals surface area contributed by atoms with Crippen LogP contribution in [0.5, 0.6) is 0 Å². The quantitative estimate of drug-likeness (QED) is 0.499. The van der Waals surface area contributed by atoms with Crippen molar-refractivity contribution in [2.45, 2.75) is 26.4 Å². The molecule has 0 spiro atoms. The Morgan fingerprint density at radius 3 is 2.18 bits per heavy atom. The summed E-state index contributed by atoms with van der Waals surface area (Å²) in [5.74, 6) is -1.07. The Balaban J connectivity index is 4.21. The van der Waals surface area contributed by atoms with Gasteiger partial charge in [0.05, 0.1) is 0 Å². The standard InChI is InChI=1S/C6H10ClNO3/c1-4(9)11-6(2,3)5(10)8-7/h1-3H3,(H,8,10). The second kappa shape index (κ2) is 3.57. The van der Waals surface area contributed by atoms with E-state index in [9.17, 15) is 9.59 Å². The molecule has 1 N–H and O–H groups in total. The smallest absolute Gasteiger partial charge is 0.303 e. The van der Waals surface area contributed by atoms with Crippen molar-refractivity contribution in [2.24, 2.45) is 0 Å². The molecule has 0 aliphatic heterocycles. The van der Waals surface area contributed by atoms with E-state index in [0.717, 1.165) is 0 Å². The minimum Gasteiger partial charge on any atom is -0.450 e. The lowest BCUT2D eigenvalue weighted by atomic mass is 10.1. The topological polar surface area (TPSA) is 55.4 Å². The first kappa shape index (κ1) is 10.2. The first-order chi connectivity index (χ1) is 4.90. The van der Waals surface area contributed by atoms with E-state index in [2.05, 4.69) is 4.74 Å². The Bertz CT molecular complexity index is 179. The molecule has 5 heteroatoms. The molecule has 0 rings (SSSR count). The fraction of sp³-hybridized carbons (Fsp3) is 0.667. The van der Waals surface area contributed by atoms with E-state index >= 15 is 0 Å². The summed E-state index contributed by atoms with van der Waals surface area (Å²) in [6.07, 6.45) is 0. The van der Waals surface area contributed by atoms with Gasteiger partial charge in [0.1, 0.15) is 0 Å². The SMILES string of the molecule is CC(=O)OC(C)(C)C(=O)NCl. The van der Waals surface area contributed by atoms with Crippen molar-refractivity contribution >= 4 is 23.7 Å². The molecule has 0 aromatic heterocycles. The van der Waals surface area contributed by atoms with E-state index < -0.39 is 17.5 Å². The van der Waals surface area contributed by atoms with Crippen LogP contribution in [0, 0.1) is 0 Å². The molecule has 0 unspecified atom stereocenters. The number of amides is 1. The van der Waals surface area contributed by atoms with E-state index in [1.807, 2.05) is 4.84 Å². The van der Waals surface area contributed by atoms with Crippen molar-refractivity contribution in [3.63, 3.8) is 0 Å². The van der Waals surface area contributed by atoms with Gasteiger partial charge in [-0.05, 0) is 13.8 Å². The van der Waals surface area contributed by atoms with Gasteiger partial charge in [-0.15, -0.1) is 0 Å². The molecule has 0 heterocycles. The molecule has 0 aromatic carbocycles. The van der Waals surface area contributed by atoms with Gasteiger partial charge in [0.2, 0.25) is 0 Å². The largest absolute Gasteiger partial charge is 0.450 e. The number of hydrogen-bond acceptors (Lipinski definition) is 3. The molecule has 0 aliphatic rings. The van der Waals surface area contributed by atoms with Crippen LogP contribution in [0.15, 0.2) is 0 Å². The first-order valence-electron chi connectivity index (χ1n) is 3.01. The lowest BCUT2D eigenvalue weighted by Crippen LogP contribution is -2.41. The van der Waals surface area contributed by atoms with E-state index in [1.165, 1.54) is 20.8 Å². The Labute approximate surface area is 70.0 Å². The van der Waals surface area contributed by atoms with Gasteiger partial charge in [0.25, 0.3) is 5.91 Å². The van der Waals surface area contributed by atoms with Crippen LogP contribution < -0.4 is 4.84 Å². The number of halogens is 1. The number of ether oxygens (including phenoxy) is 1. The van der Waals surface area contributed by atoms with Crippen LogP contribution >= 0.6 is 11.8 Å². The van der Waals surface area contributed by atoms with E-state index in [-0.39, 0.29) is 0 Å². The minimum absolute atomic E-state index is 0.518. The van der Waals surface area contributed by atoms with Gasteiger partial charge >= 0.3 is 5.97 Å². The molecular weight excluding hydrogens is 170 g/mol. The van der Waals surface area contributed by atoms with Gasteiger partial charge in [-0.25, -0.2) is 0 Å². The molecule has 0 atom stereocenters. The van der Waals surface area contributed by atoms with Crippen LogP contribution in [-0.2, 0) is 14.3 Å². The number of nitrogens with one attached hydrogen (secondary N) is 1. The molecule has 11 heavy (non-hydrogen) atoms. The lowest BCUT2D eigenvalue weighted by Gasteiger charge is -2.20. The highest BCUT2D eigenvalue weighted by atomic mass is 35.5. The second-order valence-electron chi connectivity index (χ2n) is 2.53. The van der Waals surface area contributed by atoms with E-state index in [1.54, 1.807) is 0 Å². The maximum atomic E-state index is 10.8. The van der Waals surface area contributed by atoms with Crippen molar-refractivity contribution in [3.05, 3.63) is 0 Å². The third kappa shape index (κ3) is 3.23. The molecule has 4 nitrogen and oxygen atoms in total. The predicted octanol–water partition coefficient (Wildman–Crippen LogP) is 0.598. The summed E-state index contributed by atoms with van der Waals surface area (Å²) in [5.41, 5.74) is -1.20. The maximum Gasteiger partial charge on any atom is 0.303 e. The highest BCUT2D eigenvalue weighted by Crippen LogP contribution is 2.09. The fourth-order valence-electron chi connectivity index (χ4n) is 0.519. The summed E-state index contributed by atoms with van der Waals surface area (Å²) >= 11 is 5.03. The zero-order chi connectivity index (χ0) is 9.07. The number of carbonyl (C=O) groups is 2. The predicted molar refractivity (Wildman–Crippen MR) is 39.8 cm³/mol. The van der Waals surface area contributed by atoms with Crippen LogP contribution in [0.2, 0.25) is 0 Å². The van der Waals surface area contributed by atoms with E-state index in [0.29, 0.717) is 0 Å². The highest BCUT2D eigenvalue weighted by Gasteiger charge is 2.30. The van der Waals surface area contributed by atoms with Crippen molar-refractivity contribution in [1.29, 1.82) is 0 Å². The van der Waals surface area contributed by atoms with Gasteiger partial charge in [0, 0.05) is 18.7 Å². The van der Waals surface area contributed by atoms with Crippen molar-refractivity contribution in [2.75, 3.05) is 0 Å². The third-order valence-electron chi connectivity index (χ3n) is 1.03. The summed E-state index contributed by atoms with van der Waals surface area (Å²) in [6.45, 7) is 4.13. The lowest BCUT2D eigenvalue weighted by molar-refractivity contribution is -0.162. The van der Waals surface area contributed by atoms with Crippen LogP contribution in [0.1, 0.15) is 20.8 Å². The van der Waals surface area contributed by atoms with Crippen LogP contribution in [-0.4, -0.2) is 17.5 Å². The summed E-state index contributed by atoms with van der Waals surface area (Å²) < 4.78 is 4.65. The normalized spacial score (nSPS) is 10.5. The molecule has 0 saturated carbocycles. The molecule has 0 saturated heterocycles. The Morgan fingerprint density at radius 2 is 1.91 bits per heavy atom. The van der Waals surface area contributed by atoms with Gasteiger partial charge in [-0.1, -0.05) is 0 Å². The monoisotopic (exact) mass is 179 g/mol. The Hall–Kier alpha value is -0.770. The van der Waals surface area contributed by atoms with Crippen LogP contribution in [0.4, 0.5) is 0 Å². The zero-order valence-corrected chi connectivity index (χ0v) is 7.36. The number of carbonyl (C=O) groups excluding carboxylic acids is 2. The van der Waals surface area contributed by atoms with Gasteiger partial charge in [0.15, 0.2) is 5.60 Å². The second-order valence-corrected chi connectivity index (χ2v) is 2.72. The number of hydrogen-bond donors (Lipinski definition) is 1. The zero-order valence-electron chi connectivity index (χ0n) is 6.60. The molecule has 0 aromatic rings. The minimum atomic E-state index is -1.20. The molecule has 0 bridgehead atoms. The van der Waals surface area contributed by atoms with Crippen molar-refractivity contribution in [3.8, 4) is 0 Å². The molecule has 0 radical (unpaired) electrons. The summed E-state index contributed by atoms with van der Waals surface area (Å²) in [7, 11) is 0. The van der Waals surface area contributed by atoms with Gasteiger partial charge < -0.3 is 4.74 Å². The molecule has 1 amide bonds. The summed E-state index contributed by atoms with van der Waals surface area (Å²) in [4.78, 5) is 23.1. The molecule has 0 aliphatic carbocycles. The Kier molecular flexibility index (Phi) is 3.32. The molecule has 0 fully saturated rings.